The molecule has 0 spiro atoms. The van der Waals surface area contributed by atoms with Gasteiger partial charge in [-0.2, -0.15) is 0 Å². The highest BCUT2D eigenvalue weighted by Crippen LogP contribution is 2.27. The maximum Gasteiger partial charge on any atom is 0.262 e. The van der Waals surface area contributed by atoms with Crippen molar-refractivity contribution in [1.29, 1.82) is 0 Å². The number of unbranched alkanes of at least 4 members (excludes halogenated alkanes) is 4. The molecule has 27 heavy (non-hydrogen) atoms. The standard InChI is InChI=1S/C21H25BrClNO3/c1-2-3-4-5-6-12-26-18-9-7-8-17(14-18)24-21(25)15-27-20-11-10-16(22)13-19(20)23/h7-11,13-14H,2-6,12,15H2,1H3,(H,24,25). The van der Waals surface area contributed by atoms with Gasteiger partial charge in [0.15, 0.2) is 6.61 Å². The molecule has 2 rings (SSSR count). The maximum atomic E-state index is 12.1. The molecule has 0 aliphatic heterocycles. The summed E-state index contributed by atoms with van der Waals surface area (Å²) in [5.74, 6) is 0.959. The van der Waals surface area contributed by atoms with E-state index >= 15 is 0 Å². The van der Waals surface area contributed by atoms with Crippen molar-refractivity contribution in [2.45, 2.75) is 39.0 Å². The fourth-order valence-corrected chi connectivity index (χ4v) is 3.22. The zero-order valence-corrected chi connectivity index (χ0v) is 17.8. The second kappa shape index (κ2) is 11.9. The molecule has 0 saturated heterocycles. The van der Waals surface area contributed by atoms with E-state index in [0.29, 0.717) is 23.1 Å². The minimum absolute atomic E-state index is 0.121. The van der Waals surface area contributed by atoms with Gasteiger partial charge in [0.25, 0.3) is 5.91 Å². The molecule has 0 unspecified atom stereocenters. The average molecular weight is 455 g/mol. The molecule has 6 heteroatoms. The molecule has 2 aromatic rings. The Kier molecular flexibility index (Phi) is 9.50. The van der Waals surface area contributed by atoms with Gasteiger partial charge in [-0.3, -0.25) is 4.79 Å². The minimum atomic E-state index is -0.259. The zero-order chi connectivity index (χ0) is 19.5. The lowest BCUT2D eigenvalue weighted by Gasteiger charge is -2.11. The van der Waals surface area contributed by atoms with E-state index in [1.807, 2.05) is 30.3 Å². The monoisotopic (exact) mass is 453 g/mol. The summed E-state index contributed by atoms with van der Waals surface area (Å²) < 4.78 is 12.1. The summed E-state index contributed by atoms with van der Waals surface area (Å²) in [6.45, 7) is 2.77. The summed E-state index contributed by atoms with van der Waals surface area (Å²) in [6.07, 6.45) is 5.98. The predicted octanol–water partition coefficient (Wildman–Crippen LogP) is 6.47. The molecule has 0 aromatic heterocycles. The van der Waals surface area contributed by atoms with Gasteiger partial charge in [0.2, 0.25) is 0 Å². The molecule has 0 bridgehead atoms. The Hall–Kier alpha value is -1.72. The van der Waals surface area contributed by atoms with Crippen LogP contribution in [0, 0.1) is 0 Å². The van der Waals surface area contributed by atoms with Gasteiger partial charge in [-0.1, -0.05) is 66.2 Å². The molecule has 1 amide bonds. The SMILES string of the molecule is CCCCCCCOc1cccc(NC(=O)COc2ccc(Br)cc2Cl)c1. The number of anilines is 1. The van der Waals surface area contributed by atoms with E-state index in [-0.39, 0.29) is 12.5 Å². The van der Waals surface area contributed by atoms with E-state index in [1.54, 1.807) is 12.1 Å². The molecule has 1 N–H and O–H groups in total. The van der Waals surface area contributed by atoms with Gasteiger partial charge in [0.1, 0.15) is 11.5 Å². The highest BCUT2D eigenvalue weighted by Gasteiger charge is 2.07. The molecule has 4 nitrogen and oxygen atoms in total. The van der Waals surface area contributed by atoms with Crippen molar-refractivity contribution in [3.05, 3.63) is 52.0 Å². The summed E-state index contributed by atoms with van der Waals surface area (Å²) in [7, 11) is 0. The van der Waals surface area contributed by atoms with Crippen LogP contribution in [0.15, 0.2) is 46.9 Å². The van der Waals surface area contributed by atoms with E-state index in [9.17, 15) is 4.79 Å². The zero-order valence-electron chi connectivity index (χ0n) is 15.5. The summed E-state index contributed by atoms with van der Waals surface area (Å²) >= 11 is 9.41. The van der Waals surface area contributed by atoms with Crippen LogP contribution in [0.3, 0.4) is 0 Å². The number of ether oxygens (including phenoxy) is 2. The first-order chi connectivity index (χ1) is 13.1. The van der Waals surface area contributed by atoms with E-state index in [4.69, 9.17) is 21.1 Å². The first-order valence-electron chi connectivity index (χ1n) is 9.19. The van der Waals surface area contributed by atoms with Gasteiger partial charge in [0, 0.05) is 16.2 Å². The van der Waals surface area contributed by atoms with Gasteiger partial charge < -0.3 is 14.8 Å². The first-order valence-corrected chi connectivity index (χ1v) is 10.4. The molecule has 2 aromatic carbocycles. The van der Waals surface area contributed by atoms with Crippen molar-refractivity contribution >= 4 is 39.1 Å². The second-order valence-electron chi connectivity index (χ2n) is 6.20. The fraction of sp³-hybridized carbons (Fsp3) is 0.381. The smallest absolute Gasteiger partial charge is 0.262 e. The van der Waals surface area contributed by atoms with Crippen LogP contribution in [0.1, 0.15) is 39.0 Å². The van der Waals surface area contributed by atoms with Crippen LogP contribution in [-0.2, 0) is 4.79 Å². The number of carbonyl (C=O) groups excluding carboxylic acids is 1. The van der Waals surface area contributed by atoms with E-state index in [0.717, 1.165) is 16.6 Å². The summed E-state index contributed by atoms with van der Waals surface area (Å²) in [4.78, 5) is 12.1. The molecule has 0 atom stereocenters. The number of benzene rings is 2. The molecule has 0 aliphatic rings. The van der Waals surface area contributed by atoms with Crippen LogP contribution >= 0.6 is 27.5 Å². The van der Waals surface area contributed by atoms with Crippen molar-refractivity contribution in [3.8, 4) is 11.5 Å². The normalized spacial score (nSPS) is 10.5. The van der Waals surface area contributed by atoms with Crippen LogP contribution in [0.4, 0.5) is 5.69 Å². The van der Waals surface area contributed by atoms with Crippen molar-refractivity contribution in [2.24, 2.45) is 0 Å². The summed E-state index contributed by atoms with van der Waals surface area (Å²) in [6, 6.07) is 12.6. The molecular weight excluding hydrogens is 430 g/mol. The molecular formula is C21H25BrClNO3. The topological polar surface area (TPSA) is 47.6 Å². The lowest BCUT2D eigenvalue weighted by molar-refractivity contribution is -0.118. The average Bonchev–Trinajstić information content (AvgIpc) is 2.64. The number of hydrogen-bond acceptors (Lipinski definition) is 3. The Morgan fingerprint density at radius 3 is 2.67 bits per heavy atom. The number of hydrogen-bond donors (Lipinski definition) is 1. The van der Waals surface area contributed by atoms with Crippen LogP contribution in [-0.4, -0.2) is 19.1 Å². The number of halogens is 2. The number of carbonyl (C=O) groups is 1. The minimum Gasteiger partial charge on any atom is -0.494 e. The highest BCUT2D eigenvalue weighted by atomic mass is 79.9. The Bertz CT molecular complexity index is 739. The van der Waals surface area contributed by atoms with Crippen LogP contribution in [0.25, 0.3) is 0 Å². The summed E-state index contributed by atoms with van der Waals surface area (Å²) in [5, 5.41) is 3.26. The Morgan fingerprint density at radius 1 is 1.07 bits per heavy atom. The van der Waals surface area contributed by atoms with Gasteiger partial charge in [-0.25, -0.2) is 0 Å². The predicted molar refractivity (Wildman–Crippen MR) is 114 cm³/mol. The lowest BCUT2D eigenvalue weighted by atomic mass is 10.2. The van der Waals surface area contributed by atoms with Gasteiger partial charge in [0.05, 0.1) is 11.6 Å². The third-order valence-corrected chi connectivity index (χ3v) is 4.68. The number of rotatable bonds is 11. The maximum absolute atomic E-state index is 12.1. The van der Waals surface area contributed by atoms with Gasteiger partial charge >= 0.3 is 0 Å². The van der Waals surface area contributed by atoms with Gasteiger partial charge in [-0.15, -0.1) is 0 Å². The van der Waals surface area contributed by atoms with E-state index in [1.165, 1.54) is 25.7 Å². The first kappa shape index (κ1) is 21.6. The number of nitrogens with one attached hydrogen (secondary N) is 1. The fourth-order valence-electron chi connectivity index (χ4n) is 2.49. The molecule has 0 fully saturated rings. The number of amides is 1. The summed E-state index contributed by atoms with van der Waals surface area (Å²) in [5.41, 5.74) is 0.675. The molecule has 146 valence electrons. The largest absolute Gasteiger partial charge is 0.494 e. The third-order valence-electron chi connectivity index (χ3n) is 3.89. The molecule has 0 saturated carbocycles. The van der Waals surface area contributed by atoms with E-state index < -0.39 is 0 Å². The van der Waals surface area contributed by atoms with E-state index in [2.05, 4.69) is 28.2 Å². The lowest BCUT2D eigenvalue weighted by Crippen LogP contribution is -2.20. The molecule has 0 aliphatic carbocycles. The quantitative estimate of drug-likeness (QED) is 0.396. The van der Waals surface area contributed by atoms with Crippen molar-refractivity contribution < 1.29 is 14.3 Å². The second-order valence-corrected chi connectivity index (χ2v) is 7.52. The third kappa shape index (κ3) is 8.22. The van der Waals surface area contributed by atoms with Crippen LogP contribution in [0.2, 0.25) is 5.02 Å². The van der Waals surface area contributed by atoms with Crippen molar-refractivity contribution in [2.75, 3.05) is 18.5 Å². The molecule has 0 radical (unpaired) electrons. The Labute approximate surface area is 174 Å². The molecule has 0 heterocycles. The Balaban J connectivity index is 1.76. The Morgan fingerprint density at radius 2 is 1.89 bits per heavy atom. The van der Waals surface area contributed by atoms with Crippen LogP contribution in [0.5, 0.6) is 11.5 Å². The van der Waals surface area contributed by atoms with Crippen molar-refractivity contribution in [1.82, 2.24) is 0 Å². The van der Waals surface area contributed by atoms with Crippen molar-refractivity contribution in [3.63, 3.8) is 0 Å². The van der Waals surface area contributed by atoms with Crippen LogP contribution < -0.4 is 14.8 Å². The van der Waals surface area contributed by atoms with Gasteiger partial charge in [-0.05, 0) is 36.8 Å². The highest BCUT2D eigenvalue weighted by molar-refractivity contribution is 9.10.